The van der Waals surface area contributed by atoms with E-state index in [1.165, 1.54) is 47.0 Å². The Bertz CT molecular complexity index is 1360. The van der Waals surface area contributed by atoms with Gasteiger partial charge in [-0.15, -0.1) is 11.3 Å². The predicted octanol–water partition coefficient (Wildman–Crippen LogP) is 5.22. The molecule has 2 aromatic heterocycles. The zero-order chi connectivity index (χ0) is 21.5. The maximum Gasteiger partial charge on any atom is 0.178 e. The number of anilines is 2. The van der Waals surface area contributed by atoms with E-state index in [1.807, 2.05) is 5.38 Å². The summed E-state index contributed by atoms with van der Waals surface area (Å²) in [6.07, 6.45) is 1.45. The number of rotatable bonds is 5. The lowest BCUT2D eigenvalue weighted by molar-refractivity contribution is 0.477. The molecular formula is C22H21N3O3S2. The molecule has 8 heteroatoms. The Morgan fingerprint density at radius 1 is 1.07 bits per heavy atom. The van der Waals surface area contributed by atoms with Crippen molar-refractivity contribution in [3.05, 3.63) is 59.2 Å². The van der Waals surface area contributed by atoms with Gasteiger partial charge in [0.15, 0.2) is 9.84 Å². The van der Waals surface area contributed by atoms with Gasteiger partial charge in [-0.2, -0.15) is 0 Å². The van der Waals surface area contributed by atoms with Gasteiger partial charge >= 0.3 is 0 Å². The fourth-order valence-electron chi connectivity index (χ4n) is 3.19. The molecule has 0 unspecified atom stereocenters. The average molecular weight is 440 g/mol. The van der Waals surface area contributed by atoms with Crippen molar-refractivity contribution in [3.8, 4) is 16.9 Å². The summed E-state index contributed by atoms with van der Waals surface area (Å²) in [4.78, 5) is 9.70. The topological polar surface area (TPSA) is 92.2 Å². The molecule has 0 spiro atoms. The van der Waals surface area contributed by atoms with Gasteiger partial charge < -0.3 is 10.4 Å². The van der Waals surface area contributed by atoms with Gasteiger partial charge in [-0.25, -0.2) is 18.4 Å². The molecule has 0 aliphatic carbocycles. The normalized spacial score (nSPS) is 11.7. The summed E-state index contributed by atoms with van der Waals surface area (Å²) in [6, 6.07) is 10.5. The van der Waals surface area contributed by atoms with Crippen LogP contribution in [0.25, 0.3) is 21.3 Å². The van der Waals surface area contributed by atoms with Crippen molar-refractivity contribution < 1.29 is 13.5 Å². The highest BCUT2D eigenvalue weighted by Gasteiger charge is 2.17. The number of thiophene rings is 1. The molecule has 0 saturated heterocycles. The summed E-state index contributed by atoms with van der Waals surface area (Å²) in [5, 5.41) is 16.3. The Morgan fingerprint density at radius 2 is 1.87 bits per heavy atom. The number of sulfone groups is 1. The highest BCUT2D eigenvalue weighted by atomic mass is 32.2. The SMILES string of the molecule is CCS(=O)(=O)c1ccc(O)c(Nc2ncnc3scc(-c4ccc(C)c(C)c4)c23)c1. The van der Waals surface area contributed by atoms with Gasteiger partial charge in [-0.05, 0) is 48.7 Å². The van der Waals surface area contributed by atoms with Crippen molar-refractivity contribution in [2.24, 2.45) is 0 Å². The first-order valence-electron chi connectivity index (χ1n) is 9.43. The van der Waals surface area contributed by atoms with Crippen molar-refractivity contribution in [1.82, 2.24) is 9.97 Å². The summed E-state index contributed by atoms with van der Waals surface area (Å²) in [6.45, 7) is 5.73. The van der Waals surface area contributed by atoms with Crippen molar-refractivity contribution >= 4 is 42.9 Å². The van der Waals surface area contributed by atoms with E-state index in [0.29, 0.717) is 5.82 Å². The first kappa shape index (κ1) is 20.3. The van der Waals surface area contributed by atoms with Crippen LogP contribution in [0.3, 0.4) is 0 Å². The lowest BCUT2D eigenvalue weighted by atomic mass is 10.0. The van der Waals surface area contributed by atoms with Crippen molar-refractivity contribution in [2.45, 2.75) is 25.7 Å². The standard InChI is InChI=1S/C22H21N3O3S2/c1-4-30(27,28)16-7-8-19(26)18(10-16)25-21-20-17(11-29-22(20)24-12-23-21)15-6-5-13(2)14(3)9-15/h5-12,26H,4H2,1-3H3,(H,23,24,25). The second kappa shape index (κ2) is 7.70. The average Bonchev–Trinajstić information content (AvgIpc) is 3.17. The zero-order valence-electron chi connectivity index (χ0n) is 16.8. The van der Waals surface area contributed by atoms with Gasteiger partial charge in [0.1, 0.15) is 22.7 Å². The van der Waals surface area contributed by atoms with E-state index in [2.05, 4.69) is 47.3 Å². The third-order valence-corrected chi connectivity index (χ3v) is 7.77. The van der Waals surface area contributed by atoms with E-state index in [-0.39, 0.29) is 22.1 Å². The molecule has 2 aromatic carbocycles. The van der Waals surface area contributed by atoms with E-state index in [4.69, 9.17) is 0 Å². The van der Waals surface area contributed by atoms with Gasteiger partial charge in [0.05, 0.1) is 21.7 Å². The number of hydrogen-bond acceptors (Lipinski definition) is 7. The second-order valence-corrected chi connectivity index (χ2v) is 10.2. The molecule has 0 fully saturated rings. The molecule has 0 radical (unpaired) electrons. The molecule has 0 aliphatic rings. The van der Waals surface area contributed by atoms with E-state index >= 15 is 0 Å². The van der Waals surface area contributed by atoms with Crippen LogP contribution < -0.4 is 5.32 Å². The van der Waals surface area contributed by atoms with E-state index < -0.39 is 9.84 Å². The number of phenolic OH excluding ortho intramolecular Hbond substituents is 1. The molecule has 0 aliphatic heterocycles. The molecule has 6 nitrogen and oxygen atoms in total. The largest absolute Gasteiger partial charge is 0.506 e. The number of nitrogens with one attached hydrogen (secondary N) is 1. The lowest BCUT2D eigenvalue weighted by Gasteiger charge is -2.12. The highest BCUT2D eigenvalue weighted by Crippen LogP contribution is 2.39. The number of phenols is 1. The minimum absolute atomic E-state index is 0.0174. The molecule has 154 valence electrons. The molecule has 2 heterocycles. The molecule has 4 aromatic rings. The molecule has 0 bridgehead atoms. The molecule has 30 heavy (non-hydrogen) atoms. The quantitative estimate of drug-likeness (QED) is 0.414. The minimum atomic E-state index is -3.40. The number of fused-ring (bicyclic) bond motifs is 1. The Hall–Kier alpha value is -2.97. The Balaban J connectivity index is 1.84. The number of nitrogens with zero attached hydrogens (tertiary/aromatic N) is 2. The van der Waals surface area contributed by atoms with E-state index in [9.17, 15) is 13.5 Å². The highest BCUT2D eigenvalue weighted by molar-refractivity contribution is 7.91. The lowest BCUT2D eigenvalue weighted by Crippen LogP contribution is -2.04. The van der Waals surface area contributed by atoms with Crippen molar-refractivity contribution in [3.63, 3.8) is 0 Å². The zero-order valence-corrected chi connectivity index (χ0v) is 18.4. The first-order valence-corrected chi connectivity index (χ1v) is 12.0. The van der Waals surface area contributed by atoms with Crippen LogP contribution in [0.5, 0.6) is 5.75 Å². The van der Waals surface area contributed by atoms with E-state index in [1.54, 1.807) is 6.92 Å². The van der Waals surface area contributed by atoms with Crippen LogP contribution >= 0.6 is 11.3 Å². The Labute approximate surface area is 179 Å². The third kappa shape index (κ3) is 3.64. The number of aryl methyl sites for hydroxylation is 2. The van der Waals surface area contributed by atoms with Gasteiger partial charge in [0.25, 0.3) is 0 Å². The summed E-state index contributed by atoms with van der Waals surface area (Å²) < 4.78 is 24.5. The van der Waals surface area contributed by atoms with Crippen LogP contribution in [0.15, 0.2) is 53.0 Å². The van der Waals surface area contributed by atoms with Crippen LogP contribution in [0.2, 0.25) is 0 Å². The Kier molecular flexibility index (Phi) is 5.21. The Morgan fingerprint density at radius 3 is 2.60 bits per heavy atom. The smallest absolute Gasteiger partial charge is 0.178 e. The maximum absolute atomic E-state index is 12.3. The summed E-state index contributed by atoms with van der Waals surface area (Å²) in [5.74, 6) is 0.437. The molecule has 0 amide bonds. The molecule has 0 atom stereocenters. The number of aromatic nitrogens is 2. The fraction of sp³-hybridized carbons (Fsp3) is 0.182. The van der Waals surface area contributed by atoms with Crippen molar-refractivity contribution in [2.75, 3.05) is 11.1 Å². The van der Waals surface area contributed by atoms with Crippen LogP contribution in [0, 0.1) is 13.8 Å². The third-order valence-electron chi connectivity index (χ3n) is 5.15. The van der Waals surface area contributed by atoms with Crippen LogP contribution in [-0.4, -0.2) is 29.2 Å². The van der Waals surface area contributed by atoms with Gasteiger partial charge in [0, 0.05) is 10.9 Å². The van der Waals surface area contributed by atoms with Gasteiger partial charge in [-0.3, -0.25) is 0 Å². The van der Waals surface area contributed by atoms with E-state index in [0.717, 1.165) is 21.3 Å². The summed E-state index contributed by atoms with van der Waals surface area (Å²) in [5.41, 5.74) is 4.72. The molecule has 2 N–H and O–H groups in total. The molecule has 4 rings (SSSR count). The fourth-order valence-corrected chi connectivity index (χ4v) is 5.02. The molecular weight excluding hydrogens is 418 g/mol. The summed E-state index contributed by atoms with van der Waals surface area (Å²) >= 11 is 1.51. The minimum Gasteiger partial charge on any atom is -0.506 e. The predicted molar refractivity (Wildman–Crippen MR) is 121 cm³/mol. The van der Waals surface area contributed by atoms with Crippen LogP contribution in [0.4, 0.5) is 11.5 Å². The van der Waals surface area contributed by atoms with Crippen molar-refractivity contribution in [1.29, 1.82) is 0 Å². The van der Waals surface area contributed by atoms with Crippen LogP contribution in [0.1, 0.15) is 18.1 Å². The maximum atomic E-state index is 12.3. The monoisotopic (exact) mass is 439 g/mol. The second-order valence-electron chi connectivity index (χ2n) is 7.06. The first-order chi connectivity index (χ1) is 14.3. The number of benzene rings is 2. The molecule has 0 saturated carbocycles. The van der Waals surface area contributed by atoms with Gasteiger partial charge in [0.2, 0.25) is 0 Å². The number of aromatic hydroxyl groups is 1. The summed E-state index contributed by atoms with van der Waals surface area (Å²) in [7, 11) is -3.40. The van der Waals surface area contributed by atoms with Gasteiger partial charge in [-0.1, -0.05) is 25.1 Å². The number of hydrogen-bond donors (Lipinski definition) is 2. The van der Waals surface area contributed by atoms with Crippen LogP contribution in [-0.2, 0) is 9.84 Å².